The van der Waals surface area contributed by atoms with Crippen LogP contribution in [-0.2, 0) is 16.1 Å². The summed E-state index contributed by atoms with van der Waals surface area (Å²) in [6.45, 7) is 1.93. The number of benzene rings is 3. The van der Waals surface area contributed by atoms with Gasteiger partial charge in [0.1, 0.15) is 11.5 Å². The van der Waals surface area contributed by atoms with Crippen LogP contribution in [0.1, 0.15) is 22.5 Å². The Kier molecular flexibility index (Phi) is 9.23. The van der Waals surface area contributed by atoms with Crippen molar-refractivity contribution in [3.8, 4) is 17.2 Å². The van der Waals surface area contributed by atoms with Gasteiger partial charge in [0.25, 0.3) is 11.8 Å². The molecule has 0 bridgehead atoms. The molecule has 43 heavy (non-hydrogen) atoms. The number of thioether (sulfide) groups is 1. The fraction of sp³-hybridized carbons (Fsp3) is 0.125. The van der Waals surface area contributed by atoms with Crippen molar-refractivity contribution in [1.82, 2.24) is 4.90 Å². The molecule has 1 fully saturated rings. The lowest BCUT2D eigenvalue weighted by molar-refractivity contribution is -0.122. The summed E-state index contributed by atoms with van der Waals surface area (Å²) in [5, 5.41) is 21.5. The highest BCUT2D eigenvalue weighted by Gasteiger charge is 2.34. The Bertz CT molecular complexity index is 1700. The van der Waals surface area contributed by atoms with Crippen molar-refractivity contribution in [3.05, 3.63) is 112 Å². The molecule has 4 aromatic rings. The van der Waals surface area contributed by atoms with Crippen LogP contribution in [0.15, 0.2) is 105 Å². The Hall–Kier alpha value is -5.29. The zero-order valence-corrected chi connectivity index (χ0v) is 24.2. The molecule has 1 saturated heterocycles. The molecule has 1 aliphatic rings. The van der Waals surface area contributed by atoms with E-state index in [1.54, 1.807) is 48.5 Å². The highest BCUT2D eigenvalue weighted by molar-refractivity contribution is 8.18. The van der Waals surface area contributed by atoms with Crippen molar-refractivity contribution >= 4 is 46.7 Å². The first-order chi connectivity index (χ1) is 20.9. The number of anilines is 1. The second-order valence-corrected chi connectivity index (χ2v) is 10.4. The third-order valence-electron chi connectivity index (χ3n) is 6.24. The molecule has 2 heterocycles. The van der Waals surface area contributed by atoms with Crippen LogP contribution in [0.5, 0.6) is 17.2 Å². The van der Waals surface area contributed by atoms with Gasteiger partial charge in [-0.3, -0.25) is 14.5 Å². The second-order valence-electron chi connectivity index (χ2n) is 9.38. The molecule has 1 aliphatic heterocycles. The Morgan fingerprint density at radius 3 is 2.65 bits per heavy atom. The van der Waals surface area contributed by atoms with E-state index in [0.29, 0.717) is 44.1 Å². The number of phenolic OH excluding ortho intramolecular Hbond substituents is 1. The van der Waals surface area contributed by atoms with Crippen LogP contribution < -0.4 is 14.8 Å². The number of carbonyl (C=O) groups is 2. The van der Waals surface area contributed by atoms with E-state index in [-0.39, 0.29) is 30.7 Å². The number of nitrogens with zero attached hydrogens (tertiary/aromatic N) is 3. The van der Waals surface area contributed by atoms with Gasteiger partial charge in [0.15, 0.2) is 23.3 Å². The van der Waals surface area contributed by atoms with Crippen molar-refractivity contribution in [2.75, 3.05) is 19.0 Å². The lowest BCUT2D eigenvalue weighted by atomic mass is 10.2. The smallest absolute Gasteiger partial charge is 0.267 e. The molecule has 0 aliphatic carbocycles. The average Bonchev–Trinajstić information content (AvgIpc) is 3.63. The van der Waals surface area contributed by atoms with Crippen LogP contribution in [0.4, 0.5) is 5.69 Å². The molecule has 0 unspecified atom stereocenters. The van der Waals surface area contributed by atoms with Crippen LogP contribution >= 0.6 is 11.8 Å². The number of hydrogen-bond donors (Lipinski definition) is 2. The molecule has 3 aromatic carbocycles. The molecule has 10 nitrogen and oxygen atoms in total. The van der Waals surface area contributed by atoms with E-state index in [4.69, 9.17) is 13.9 Å². The summed E-state index contributed by atoms with van der Waals surface area (Å²) < 4.78 is 16.4. The number of methoxy groups -OCH3 is 1. The van der Waals surface area contributed by atoms with E-state index in [1.807, 2.05) is 37.3 Å². The predicted octanol–water partition coefficient (Wildman–Crippen LogP) is 5.83. The molecule has 0 saturated carbocycles. The molecule has 1 aromatic heterocycles. The predicted molar refractivity (Wildman–Crippen MR) is 166 cm³/mol. The number of phenols is 1. The number of carbonyl (C=O) groups excluding carboxylic acids is 2. The Morgan fingerprint density at radius 2 is 1.88 bits per heavy atom. The number of ether oxygens (including phenoxy) is 2. The zero-order valence-electron chi connectivity index (χ0n) is 23.4. The molecule has 2 N–H and O–H groups in total. The third kappa shape index (κ3) is 7.52. The van der Waals surface area contributed by atoms with Crippen molar-refractivity contribution in [2.24, 2.45) is 10.2 Å². The summed E-state index contributed by atoms with van der Waals surface area (Å²) in [4.78, 5) is 27.9. The van der Waals surface area contributed by atoms with Crippen molar-refractivity contribution in [1.29, 1.82) is 0 Å². The van der Waals surface area contributed by atoms with Crippen molar-refractivity contribution < 1.29 is 28.6 Å². The topological polar surface area (TPSA) is 126 Å². The molecular weight excluding hydrogens is 568 g/mol. The molecule has 218 valence electrons. The minimum Gasteiger partial charge on any atom is -0.504 e. The Balaban J connectivity index is 1.34. The van der Waals surface area contributed by atoms with E-state index in [2.05, 4.69) is 15.5 Å². The standard InChI is InChI=1S/C32H28N4O6S/c1-21-9-12-24(13-10-21)34-30(38)20-42-27-8-4-3-6-23(27)17-29-31(39)36(19-25-7-5-15-41-25)32(43-29)35-33-18-22-11-14-26(37)28(16-22)40-2/h3-18,37H,19-20H2,1-2H3,(H,34,38)/b29-17-,33-18+,35-32-. The summed E-state index contributed by atoms with van der Waals surface area (Å²) in [5.74, 6) is 0.760. The number of aryl methyl sites for hydroxylation is 1. The summed E-state index contributed by atoms with van der Waals surface area (Å²) in [6, 6.07) is 22.9. The molecule has 0 spiro atoms. The third-order valence-corrected chi connectivity index (χ3v) is 7.23. The molecule has 0 atom stereocenters. The van der Waals surface area contributed by atoms with Crippen LogP contribution in [0.2, 0.25) is 0 Å². The van der Waals surface area contributed by atoms with Gasteiger partial charge in [-0.25, -0.2) is 0 Å². The van der Waals surface area contributed by atoms with Crippen molar-refractivity contribution in [2.45, 2.75) is 13.5 Å². The number of aromatic hydroxyl groups is 1. The Labute approximate surface area is 252 Å². The van der Waals surface area contributed by atoms with E-state index in [0.717, 1.165) is 17.3 Å². The van der Waals surface area contributed by atoms with Gasteiger partial charge in [-0.2, -0.15) is 5.10 Å². The van der Waals surface area contributed by atoms with Crippen LogP contribution in [0.3, 0.4) is 0 Å². The van der Waals surface area contributed by atoms with Crippen LogP contribution in [-0.4, -0.2) is 46.9 Å². The van der Waals surface area contributed by atoms with E-state index >= 15 is 0 Å². The highest BCUT2D eigenvalue weighted by atomic mass is 32.2. The van der Waals surface area contributed by atoms with Gasteiger partial charge in [-0.05, 0) is 78.9 Å². The van der Waals surface area contributed by atoms with Gasteiger partial charge < -0.3 is 24.3 Å². The molecule has 2 amide bonds. The number of furan rings is 1. The minimum atomic E-state index is -0.305. The minimum absolute atomic E-state index is 0.0125. The summed E-state index contributed by atoms with van der Waals surface area (Å²) in [7, 11) is 1.46. The van der Waals surface area contributed by atoms with Gasteiger partial charge in [0.2, 0.25) is 0 Å². The van der Waals surface area contributed by atoms with E-state index in [1.165, 1.54) is 30.6 Å². The summed E-state index contributed by atoms with van der Waals surface area (Å²) in [6.07, 6.45) is 4.74. The monoisotopic (exact) mass is 596 g/mol. The molecular formula is C32H28N4O6S. The van der Waals surface area contributed by atoms with Crippen LogP contribution in [0.25, 0.3) is 6.08 Å². The fourth-order valence-corrected chi connectivity index (χ4v) is 4.98. The number of nitrogens with one attached hydrogen (secondary N) is 1. The van der Waals surface area contributed by atoms with Gasteiger partial charge in [-0.1, -0.05) is 35.9 Å². The fourth-order valence-electron chi connectivity index (χ4n) is 4.05. The molecule has 11 heteroatoms. The highest BCUT2D eigenvalue weighted by Crippen LogP contribution is 2.35. The van der Waals surface area contributed by atoms with Gasteiger partial charge in [0, 0.05) is 11.3 Å². The second kappa shape index (κ2) is 13.6. The van der Waals surface area contributed by atoms with Crippen LogP contribution in [0, 0.1) is 6.92 Å². The SMILES string of the molecule is COc1cc(/C=N/N=C2\S/C(=C\c3ccccc3OCC(=O)Nc3ccc(C)cc3)C(=O)N2Cc2ccco2)ccc1O. The van der Waals surface area contributed by atoms with Crippen molar-refractivity contribution in [3.63, 3.8) is 0 Å². The maximum atomic E-state index is 13.5. The summed E-state index contributed by atoms with van der Waals surface area (Å²) in [5.41, 5.74) is 3.05. The largest absolute Gasteiger partial charge is 0.504 e. The maximum Gasteiger partial charge on any atom is 0.267 e. The van der Waals surface area contributed by atoms with E-state index in [9.17, 15) is 14.7 Å². The summed E-state index contributed by atoms with van der Waals surface area (Å²) >= 11 is 1.16. The number of hydrogen-bond acceptors (Lipinski definition) is 9. The Morgan fingerprint density at radius 1 is 1.07 bits per heavy atom. The normalized spacial score (nSPS) is 15.0. The molecule has 0 radical (unpaired) electrons. The first-order valence-electron chi connectivity index (χ1n) is 13.2. The van der Waals surface area contributed by atoms with Gasteiger partial charge in [0.05, 0.1) is 31.0 Å². The molecule has 5 rings (SSSR count). The average molecular weight is 597 g/mol. The lowest BCUT2D eigenvalue weighted by Crippen LogP contribution is -2.28. The number of amides is 2. The zero-order chi connectivity index (χ0) is 30.2. The number of amidine groups is 1. The van der Waals surface area contributed by atoms with Gasteiger partial charge >= 0.3 is 0 Å². The first kappa shape index (κ1) is 29.2. The maximum absolute atomic E-state index is 13.5. The first-order valence-corrected chi connectivity index (χ1v) is 14.0. The lowest BCUT2D eigenvalue weighted by Gasteiger charge is -2.12. The number of para-hydroxylation sites is 1. The quantitative estimate of drug-likeness (QED) is 0.134. The van der Waals surface area contributed by atoms with E-state index < -0.39 is 0 Å². The van der Waals surface area contributed by atoms with Gasteiger partial charge in [-0.15, -0.1) is 5.10 Å². The number of rotatable bonds is 10.